The Morgan fingerprint density at radius 2 is 1.57 bits per heavy atom. The van der Waals surface area contributed by atoms with Gasteiger partial charge in [-0.05, 0) is 0 Å². The van der Waals surface area contributed by atoms with Crippen LogP contribution in [0, 0.1) is 0 Å². The standard InChI is InChI=1S/H3NO4S.H3N/c2-1-6(3,4)5;/h1-2H,(H,3,4,5);1H3. The topological polar surface area (TPSA) is 122 Å². The van der Waals surface area contributed by atoms with Crippen LogP contribution in [-0.2, 0) is 10.3 Å². The lowest BCUT2D eigenvalue weighted by atomic mass is 13.5. The van der Waals surface area contributed by atoms with Gasteiger partial charge in [-0.3, -0.25) is 4.55 Å². The molecule has 0 aromatic rings. The number of rotatable bonds is 1. The van der Waals surface area contributed by atoms with Crippen molar-refractivity contribution in [3.63, 3.8) is 0 Å². The third kappa shape index (κ3) is 10.7. The lowest BCUT2D eigenvalue weighted by molar-refractivity contribution is 0.226. The zero-order chi connectivity index (χ0) is 5.21. The van der Waals surface area contributed by atoms with Crippen LogP contribution in [-0.4, -0.2) is 18.2 Å². The van der Waals surface area contributed by atoms with Gasteiger partial charge in [-0.25, -0.2) is 0 Å². The van der Waals surface area contributed by atoms with E-state index in [0.29, 0.717) is 4.89 Å². The zero-order valence-electron chi connectivity index (χ0n) is 3.33. The zero-order valence-corrected chi connectivity index (χ0v) is 4.14. The molecule has 0 radical (unpaired) electrons. The molecule has 0 bridgehead atoms. The van der Waals surface area contributed by atoms with Gasteiger partial charge in [-0.15, -0.1) is 0 Å². The Morgan fingerprint density at radius 1 is 1.43 bits per heavy atom. The molecule has 0 aliphatic rings. The summed E-state index contributed by atoms with van der Waals surface area (Å²) in [4.78, 5) is 0.632. The van der Waals surface area contributed by atoms with Crippen LogP contribution in [0.1, 0.15) is 0 Å². The van der Waals surface area contributed by atoms with Crippen molar-refractivity contribution in [3.05, 3.63) is 0 Å². The predicted octanol–water partition coefficient (Wildman–Crippen LogP) is -1.07. The Bertz CT molecular complexity index is 112. The van der Waals surface area contributed by atoms with Crippen molar-refractivity contribution >= 4 is 10.3 Å². The molecule has 6 N–H and O–H groups in total. The molecule has 46 valence electrons. The Hall–Kier alpha value is -0.210. The van der Waals surface area contributed by atoms with Gasteiger partial charge >= 0.3 is 10.3 Å². The van der Waals surface area contributed by atoms with Crippen LogP contribution in [0.15, 0.2) is 0 Å². The second-order valence-electron chi connectivity index (χ2n) is 0.566. The van der Waals surface area contributed by atoms with Crippen LogP contribution in [0.4, 0.5) is 0 Å². The fourth-order valence-electron chi connectivity index (χ4n) is 0. The van der Waals surface area contributed by atoms with E-state index < -0.39 is 10.3 Å². The van der Waals surface area contributed by atoms with E-state index in [9.17, 15) is 8.42 Å². The Kier molecular flexibility index (Phi) is 4.08. The average molecular weight is 130 g/mol. The summed E-state index contributed by atoms with van der Waals surface area (Å²) in [5.74, 6) is 0. The predicted molar refractivity (Wildman–Crippen MR) is 21.5 cm³/mol. The molecular formula is H6N2O4S. The molecule has 0 atom stereocenters. The summed E-state index contributed by atoms with van der Waals surface area (Å²) in [7, 11) is -4.36. The van der Waals surface area contributed by atoms with Crippen LogP contribution >= 0.6 is 0 Å². The Morgan fingerprint density at radius 3 is 1.57 bits per heavy atom. The quantitative estimate of drug-likeness (QED) is 0.266. The molecule has 0 amide bonds. The van der Waals surface area contributed by atoms with E-state index in [0.717, 1.165) is 0 Å². The van der Waals surface area contributed by atoms with E-state index >= 15 is 0 Å². The molecule has 0 rings (SSSR count). The summed E-state index contributed by atoms with van der Waals surface area (Å²) in [5, 5.41) is 7.31. The van der Waals surface area contributed by atoms with Crippen LogP contribution in [0.2, 0.25) is 0 Å². The molecule has 0 unspecified atom stereocenters. The van der Waals surface area contributed by atoms with Crippen molar-refractivity contribution < 1.29 is 18.2 Å². The fourth-order valence-corrected chi connectivity index (χ4v) is 0. The second kappa shape index (κ2) is 2.88. The number of nitrogens with one attached hydrogen (secondary N) is 1. The Labute approximate surface area is 40.6 Å². The molecule has 0 saturated heterocycles. The fraction of sp³-hybridized carbons (Fsp3) is 0. The molecule has 0 heterocycles. The first kappa shape index (κ1) is 9.92. The summed E-state index contributed by atoms with van der Waals surface area (Å²) >= 11 is 0. The highest BCUT2D eigenvalue weighted by Crippen LogP contribution is 1.60. The first-order valence-electron chi connectivity index (χ1n) is 0.944. The number of hydrogen-bond donors (Lipinski definition) is 4. The van der Waals surface area contributed by atoms with E-state index in [1.54, 1.807) is 0 Å². The van der Waals surface area contributed by atoms with Gasteiger partial charge in [0.15, 0.2) is 0 Å². The Balaban J connectivity index is 0. The van der Waals surface area contributed by atoms with E-state index in [2.05, 4.69) is 0 Å². The highest BCUT2D eigenvalue weighted by atomic mass is 32.2. The lowest BCUT2D eigenvalue weighted by Crippen LogP contribution is -2.16. The smallest absolute Gasteiger partial charge is 0.344 e. The lowest BCUT2D eigenvalue weighted by Gasteiger charge is -1.82. The van der Waals surface area contributed by atoms with Gasteiger partial charge in [-0.1, -0.05) is 4.89 Å². The minimum atomic E-state index is -4.36. The molecule has 0 aromatic heterocycles. The SMILES string of the molecule is N.O=S(=O)(O)NO. The highest BCUT2D eigenvalue weighted by Gasteiger charge is 1.93. The maximum absolute atomic E-state index is 9.19. The van der Waals surface area contributed by atoms with Gasteiger partial charge in [-0.2, -0.15) is 8.42 Å². The van der Waals surface area contributed by atoms with Crippen LogP contribution in [0.3, 0.4) is 0 Å². The van der Waals surface area contributed by atoms with E-state index in [1.165, 1.54) is 0 Å². The average Bonchev–Trinajstić information content (AvgIpc) is 1.35. The third-order valence-electron chi connectivity index (χ3n) is 0.115. The molecule has 6 nitrogen and oxygen atoms in total. The molecule has 7 heteroatoms. The van der Waals surface area contributed by atoms with Crippen LogP contribution in [0.5, 0.6) is 0 Å². The molecule has 0 aromatic carbocycles. The first-order valence-corrected chi connectivity index (χ1v) is 2.38. The van der Waals surface area contributed by atoms with Crippen molar-refractivity contribution in [2.75, 3.05) is 0 Å². The summed E-state index contributed by atoms with van der Waals surface area (Å²) in [6.45, 7) is 0. The van der Waals surface area contributed by atoms with E-state index in [1.807, 2.05) is 0 Å². The maximum Gasteiger partial charge on any atom is 0.355 e. The molecule has 0 spiro atoms. The van der Waals surface area contributed by atoms with Gasteiger partial charge in [0.1, 0.15) is 0 Å². The normalized spacial score (nSPS) is 10.0. The van der Waals surface area contributed by atoms with Gasteiger partial charge in [0.25, 0.3) is 0 Å². The van der Waals surface area contributed by atoms with Crippen molar-refractivity contribution in [3.8, 4) is 0 Å². The van der Waals surface area contributed by atoms with Crippen LogP contribution in [0.25, 0.3) is 0 Å². The van der Waals surface area contributed by atoms with Gasteiger partial charge < -0.3 is 11.4 Å². The summed E-state index contributed by atoms with van der Waals surface area (Å²) in [6.07, 6.45) is 0. The maximum atomic E-state index is 9.19. The summed E-state index contributed by atoms with van der Waals surface area (Å²) in [5.41, 5.74) is 0. The largest absolute Gasteiger partial charge is 0.355 e. The molecular weight excluding hydrogens is 124 g/mol. The van der Waals surface area contributed by atoms with Crippen molar-refractivity contribution in [1.29, 1.82) is 0 Å². The van der Waals surface area contributed by atoms with E-state index in [4.69, 9.17) is 9.76 Å². The van der Waals surface area contributed by atoms with Gasteiger partial charge in [0.2, 0.25) is 0 Å². The molecule has 0 saturated carbocycles. The van der Waals surface area contributed by atoms with Crippen molar-refractivity contribution in [1.82, 2.24) is 11.0 Å². The van der Waals surface area contributed by atoms with Gasteiger partial charge in [0, 0.05) is 0 Å². The first-order chi connectivity index (χ1) is 2.56. The highest BCUT2D eigenvalue weighted by molar-refractivity contribution is 7.83. The molecule has 0 fully saturated rings. The minimum Gasteiger partial charge on any atom is -0.344 e. The minimum absolute atomic E-state index is 0. The third-order valence-corrected chi connectivity index (χ3v) is 0.346. The molecule has 0 aliphatic heterocycles. The van der Waals surface area contributed by atoms with Crippen LogP contribution < -0.4 is 11.0 Å². The van der Waals surface area contributed by atoms with Crippen molar-refractivity contribution in [2.45, 2.75) is 0 Å². The second-order valence-corrected chi connectivity index (χ2v) is 1.70. The molecule has 7 heavy (non-hydrogen) atoms. The number of hydrogen-bond acceptors (Lipinski definition) is 4. The van der Waals surface area contributed by atoms with Gasteiger partial charge in [0.05, 0.1) is 0 Å². The molecule has 0 aliphatic carbocycles. The summed E-state index contributed by atoms with van der Waals surface area (Å²) < 4.78 is 25.8. The van der Waals surface area contributed by atoms with E-state index in [-0.39, 0.29) is 6.15 Å². The van der Waals surface area contributed by atoms with Crippen molar-refractivity contribution in [2.24, 2.45) is 0 Å². The summed E-state index contributed by atoms with van der Waals surface area (Å²) in [6, 6.07) is 0. The monoisotopic (exact) mass is 130 g/mol.